The number of benzene rings is 3. The quantitative estimate of drug-likeness (QED) is 0.167. The lowest BCUT2D eigenvalue weighted by Crippen LogP contribution is -2.44. The van der Waals surface area contributed by atoms with E-state index in [1.165, 1.54) is 25.1 Å². The third-order valence-corrected chi connectivity index (χ3v) is 6.87. The Bertz CT molecular complexity index is 1270. The van der Waals surface area contributed by atoms with Gasteiger partial charge in [0, 0.05) is 5.92 Å². The molecule has 4 rings (SSSR count). The van der Waals surface area contributed by atoms with Crippen molar-refractivity contribution in [3.8, 4) is 28.4 Å². The smallest absolute Gasteiger partial charge is 0.424 e. The Hall–Kier alpha value is -3.40. The first-order valence-electron chi connectivity index (χ1n) is 13.6. The largest absolute Gasteiger partial charge is 0.494 e. The highest BCUT2D eigenvalue weighted by molar-refractivity contribution is 5.64. The van der Waals surface area contributed by atoms with Gasteiger partial charge in [0.15, 0.2) is 6.10 Å². The van der Waals surface area contributed by atoms with Gasteiger partial charge in [-0.3, -0.25) is 0 Å². The summed E-state index contributed by atoms with van der Waals surface area (Å²) >= 11 is 0. The van der Waals surface area contributed by atoms with E-state index in [0.717, 1.165) is 35.8 Å². The van der Waals surface area contributed by atoms with Crippen molar-refractivity contribution in [3.63, 3.8) is 0 Å². The van der Waals surface area contributed by atoms with Gasteiger partial charge in [-0.15, -0.1) is 0 Å². The number of hydrogen-bond acceptors (Lipinski definition) is 4. The molecule has 1 aliphatic heterocycles. The second-order valence-corrected chi connectivity index (χ2v) is 9.78. The molecule has 41 heavy (non-hydrogen) atoms. The average Bonchev–Trinajstić information content (AvgIpc) is 2.94. The lowest BCUT2D eigenvalue weighted by Gasteiger charge is -2.34. The lowest BCUT2D eigenvalue weighted by atomic mass is 9.89. The Morgan fingerprint density at radius 2 is 1.44 bits per heavy atom. The van der Waals surface area contributed by atoms with Crippen LogP contribution in [0.3, 0.4) is 0 Å². The van der Waals surface area contributed by atoms with Gasteiger partial charge in [-0.1, -0.05) is 43.7 Å². The molecule has 3 aromatic carbocycles. The van der Waals surface area contributed by atoms with Crippen molar-refractivity contribution in [1.29, 1.82) is 0 Å². The number of halogens is 6. The number of ether oxygens (including phenoxy) is 4. The van der Waals surface area contributed by atoms with Gasteiger partial charge in [-0.25, -0.2) is 4.39 Å². The van der Waals surface area contributed by atoms with Crippen LogP contribution in [-0.2, 0) is 10.9 Å². The van der Waals surface area contributed by atoms with Crippen LogP contribution in [0.15, 0.2) is 60.7 Å². The maximum Gasteiger partial charge on any atom is 0.424 e. The molecule has 2 unspecified atom stereocenters. The molecule has 222 valence electrons. The Morgan fingerprint density at radius 1 is 0.805 bits per heavy atom. The minimum absolute atomic E-state index is 0.0110. The van der Waals surface area contributed by atoms with E-state index < -0.39 is 41.4 Å². The van der Waals surface area contributed by atoms with E-state index in [1.807, 2.05) is 24.3 Å². The fourth-order valence-corrected chi connectivity index (χ4v) is 4.71. The van der Waals surface area contributed by atoms with Crippen molar-refractivity contribution >= 4 is 0 Å². The fourth-order valence-electron chi connectivity index (χ4n) is 4.71. The van der Waals surface area contributed by atoms with Gasteiger partial charge >= 0.3 is 12.3 Å². The highest BCUT2D eigenvalue weighted by Crippen LogP contribution is 2.43. The van der Waals surface area contributed by atoms with Crippen molar-refractivity contribution in [2.75, 3.05) is 19.8 Å². The van der Waals surface area contributed by atoms with E-state index in [4.69, 9.17) is 18.9 Å². The molecule has 1 heterocycles. The molecule has 1 fully saturated rings. The predicted octanol–water partition coefficient (Wildman–Crippen LogP) is 9.02. The van der Waals surface area contributed by atoms with E-state index in [0.29, 0.717) is 6.61 Å². The van der Waals surface area contributed by atoms with Crippen LogP contribution in [0.1, 0.15) is 56.6 Å². The second-order valence-electron chi connectivity index (χ2n) is 9.78. The van der Waals surface area contributed by atoms with Gasteiger partial charge in [0.25, 0.3) is 0 Å². The Balaban J connectivity index is 1.37. The third kappa shape index (κ3) is 7.47. The molecule has 3 aromatic rings. The zero-order chi connectivity index (χ0) is 29.6. The molecule has 1 saturated heterocycles. The van der Waals surface area contributed by atoms with E-state index >= 15 is 0 Å². The minimum Gasteiger partial charge on any atom is -0.494 e. The molecule has 0 radical (unpaired) electrons. The van der Waals surface area contributed by atoms with Crippen molar-refractivity contribution in [1.82, 2.24) is 0 Å². The number of unbranched alkanes of at least 4 members (excludes halogenated alkanes) is 1. The molecule has 0 N–H and O–H groups in total. The van der Waals surface area contributed by atoms with E-state index in [1.54, 1.807) is 12.1 Å². The molecule has 0 aliphatic carbocycles. The molecule has 10 heteroatoms. The number of rotatable bonds is 11. The molecule has 1 aliphatic rings. The maximum absolute atomic E-state index is 15.0. The van der Waals surface area contributed by atoms with Crippen molar-refractivity contribution in [2.24, 2.45) is 0 Å². The van der Waals surface area contributed by atoms with Crippen LogP contribution in [-0.4, -0.2) is 32.0 Å². The van der Waals surface area contributed by atoms with Gasteiger partial charge < -0.3 is 18.9 Å². The summed E-state index contributed by atoms with van der Waals surface area (Å²) in [5.74, 6) is -2.24. The summed E-state index contributed by atoms with van der Waals surface area (Å²) in [7, 11) is 0. The van der Waals surface area contributed by atoms with E-state index in [9.17, 15) is 26.3 Å². The van der Waals surface area contributed by atoms with E-state index in [-0.39, 0.29) is 37.4 Å². The summed E-state index contributed by atoms with van der Waals surface area (Å²) in [4.78, 5) is 0. The minimum atomic E-state index is -4.98. The average molecular weight is 583 g/mol. The monoisotopic (exact) mass is 582 g/mol. The van der Waals surface area contributed by atoms with Gasteiger partial charge in [-0.2, -0.15) is 22.0 Å². The topological polar surface area (TPSA) is 36.9 Å². The summed E-state index contributed by atoms with van der Waals surface area (Å²) < 4.78 is 106. The number of alkyl halides is 5. The zero-order valence-corrected chi connectivity index (χ0v) is 22.8. The second kappa shape index (κ2) is 13.1. The molecule has 2 atom stereocenters. The number of hydrogen-bond donors (Lipinski definition) is 0. The first-order chi connectivity index (χ1) is 19.5. The molecule has 0 spiro atoms. The van der Waals surface area contributed by atoms with Crippen molar-refractivity contribution in [3.05, 3.63) is 77.6 Å². The Morgan fingerprint density at radius 3 is 1.98 bits per heavy atom. The molecular weight excluding hydrogens is 550 g/mol. The molecular formula is C31H32F6O4. The summed E-state index contributed by atoms with van der Waals surface area (Å²) in [6, 6.07) is 15.8. The van der Waals surface area contributed by atoms with Crippen LogP contribution >= 0.6 is 0 Å². The van der Waals surface area contributed by atoms with Crippen molar-refractivity contribution < 1.29 is 45.3 Å². The highest BCUT2D eigenvalue weighted by atomic mass is 19.4. The van der Waals surface area contributed by atoms with Gasteiger partial charge in [0.1, 0.15) is 28.6 Å². The molecule has 0 amide bonds. The van der Waals surface area contributed by atoms with Crippen LogP contribution in [0.5, 0.6) is 17.2 Å². The fraction of sp³-hybridized carbons (Fsp3) is 0.419. The van der Waals surface area contributed by atoms with Crippen LogP contribution < -0.4 is 14.2 Å². The predicted molar refractivity (Wildman–Crippen MR) is 142 cm³/mol. The highest BCUT2D eigenvalue weighted by Gasteiger charge is 2.47. The first kappa shape index (κ1) is 30.6. The van der Waals surface area contributed by atoms with E-state index in [2.05, 4.69) is 6.92 Å². The van der Waals surface area contributed by atoms with Gasteiger partial charge in [-0.05, 0) is 73.2 Å². The zero-order valence-electron chi connectivity index (χ0n) is 22.8. The first-order valence-corrected chi connectivity index (χ1v) is 13.6. The standard InChI is InChI=1S/C31H32F6O4/c1-3-5-18-39-23-11-6-20(7-12-23)21-8-13-24(14-9-21)41-31(36,37)27-17-10-22(19-40-27)25-15-16-26(38-4-2)28(29(25)32)30(33,34)35/h6-9,11-16,22,27H,3-5,10,17-19H2,1-2H3. The molecule has 0 bridgehead atoms. The Labute approximate surface area is 235 Å². The summed E-state index contributed by atoms with van der Waals surface area (Å²) in [6.45, 7) is 3.75. The van der Waals surface area contributed by atoms with Crippen molar-refractivity contribution in [2.45, 2.75) is 63.8 Å². The Kier molecular flexibility index (Phi) is 9.73. The van der Waals surface area contributed by atoms with Crippen LogP contribution in [0, 0.1) is 5.82 Å². The van der Waals surface area contributed by atoms with Gasteiger partial charge in [0.05, 0.1) is 19.8 Å². The summed E-state index contributed by atoms with van der Waals surface area (Å²) in [6.07, 6.45) is -8.59. The van der Waals surface area contributed by atoms with Gasteiger partial charge in [0.2, 0.25) is 0 Å². The summed E-state index contributed by atoms with van der Waals surface area (Å²) in [5.41, 5.74) is -0.0805. The lowest BCUT2D eigenvalue weighted by molar-refractivity contribution is -0.262. The normalized spacial score (nSPS) is 17.8. The molecule has 0 aromatic heterocycles. The molecule has 0 saturated carbocycles. The van der Waals surface area contributed by atoms with Crippen LogP contribution in [0.25, 0.3) is 11.1 Å². The SMILES string of the molecule is CCCCOc1ccc(-c2ccc(OC(F)(F)C3CCC(c4ccc(OCC)c(C(F)(F)F)c4F)CO3)cc2)cc1. The van der Waals surface area contributed by atoms with Crippen LogP contribution in [0.2, 0.25) is 0 Å². The summed E-state index contributed by atoms with van der Waals surface area (Å²) in [5, 5.41) is 0. The van der Waals surface area contributed by atoms with Crippen LogP contribution in [0.4, 0.5) is 26.3 Å². The third-order valence-electron chi connectivity index (χ3n) is 6.87. The maximum atomic E-state index is 15.0. The molecule has 4 nitrogen and oxygen atoms in total.